The standard InChI is InChI=1S/C22H24N2O3/c1-2-20(25)18-8-9-19-21(15-18)27-22(26)24(19)23-12-10-17(11-13-23)14-16-6-4-3-5-7-16/h3-9,15,17H,2,10-14H2,1H3. The van der Waals surface area contributed by atoms with Gasteiger partial charge in [0.15, 0.2) is 11.4 Å². The Morgan fingerprint density at radius 2 is 1.85 bits per heavy atom. The first-order valence-electron chi connectivity index (χ1n) is 9.63. The van der Waals surface area contributed by atoms with E-state index >= 15 is 0 Å². The number of carbonyl (C=O) groups excluding carboxylic acids is 1. The summed E-state index contributed by atoms with van der Waals surface area (Å²) in [6, 6.07) is 15.8. The largest absolute Gasteiger partial charge is 0.438 e. The Balaban J connectivity index is 1.51. The van der Waals surface area contributed by atoms with Crippen molar-refractivity contribution < 1.29 is 9.21 Å². The molecule has 0 unspecified atom stereocenters. The molecule has 1 aromatic heterocycles. The molecule has 27 heavy (non-hydrogen) atoms. The number of hydrogen-bond acceptors (Lipinski definition) is 4. The molecule has 0 amide bonds. The lowest BCUT2D eigenvalue weighted by atomic mass is 9.91. The Bertz CT molecular complexity index is 995. The van der Waals surface area contributed by atoms with Gasteiger partial charge >= 0.3 is 5.76 Å². The smallest absolute Gasteiger partial charge is 0.406 e. The van der Waals surface area contributed by atoms with Crippen molar-refractivity contribution in [2.24, 2.45) is 5.92 Å². The summed E-state index contributed by atoms with van der Waals surface area (Å²) in [5, 5.41) is 2.07. The molecule has 1 saturated heterocycles. The van der Waals surface area contributed by atoms with Crippen LogP contribution in [0.25, 0.3) is 11.1 Å². The van der Waals surface area contributed by atoms with Crippen LogP contribution in [0.4, 0.5) is 0 Å². The number of oxazole rings is 1. The lowest BCUT2D eigenvalue weighted by Crippen LogP contribution is -2.45. The predicted octanol–water partition coefficient (Wildman–Crippen LogP) is 3.78. The number of Topliss-reactive ketones (excluding diaryl/α,β-unsaturated/α-hetero) is 1. The number of ketones is 1. The van der Waals surface area contributed by atoms with Gasteiger partial charge in [-0.3, -0.25) is 4.79 Å². The summed E-state index contributed by atoms with van der Waals surface area (Å²) >= 11 is 0. The highest BCUT2D eigenvalue weighted by atomic mass is 16.4. The van der Waals surface area contributed by atoms with Crippen molar-refractivity contribution in [2.75, 3.05) is 18.1 Å². The molecule has 5 heteroatoms. The fourth-order valence-electron chi connectivity index (χ4n) is 3.92. The summed E-state index contributed by atoms with van der Waals surface area (Å²) in [5.74, 6) is 0.299. The number of fused-ring (bicyclic) bond motifs is 1. The van der Waals surface area contributed by atoms with Crippen molar-refractivity contribution in [3.05, 3.63) is 70.2 Å². The number of aromatic nitrogens is 1. The van der Waals surface area contributed by atoms with Gasteiger partial charge in [0.05, 0.1) is 0 Å². The SMILES string of the molecule is CCC(=O)c1ccc2c(c1)oc(=O)n2N1CCC(Cc2ccccc2)CC1. The normalized spacial score (nSPS) is 15.4. The lowest BCUT2D eigenvalue weighted by molar-refractivity contribution is 0.0988. The number of nitrogens with zero attached hydrogens (tertiary/aromatic N) is 2. The zero-order valence-corrected chi connectivity index (χ0v) is 15.6. The third-order valence-corrected chi connectivity index (χ3v) is 5.44. The van der Waals surface area contributed by atoms with E-state index in [4.69, 9.17) is 4.42 Å². The number of hydrogen-bond donors (Lipinski definition) is 0. The maximum atomic E-state index is 12.4. The number of rotatable bonds is 5. The Hall–Kier alpha value is -2.82. The van der Waals surface area contributed by atoms with E-state index in [-0.39, 0.29) is 11.5 Å². The van der Waals surface area contributed by atoms with Crippen LogP contribution >= 0.6 is 0 Å². The maximum Gasteiger partial charge on any atom is 0.438 e. The Morgan fingerprint density at radius 3 is 2.56 bits per heavy atom. The molecule has 3 aromatic rings. The van der Waals surface area contributed by atoms with Gasteiger partial charge in [-0.05, 0) is 48.9 Å². The lowest BCUT2D eigenvalue weighted by Gasteiger charge is -2.33. The molecule has 0 radical (unpaired) electrons. The van der Waals surface area contributed by atoms with Crippen molar-refractivity contribution >= 4 is 16.9 Å². The summed E-state index contributed by atoms with van der Waals surface area (Å²) in [5.41, 5.74) is 3.17. The minimum atomic E-state index is -0.382. The van der Waals surface area contributed by atoms with Crippen molar-refractivity contribution in [3.63, 3.8) is 0 Å². The van der Waals surface area contributed by atoms with E-state index < -0.39 is 0 Å². The minimum absolute atomic E-state index is 0.0500. The molecule has 0 aliphatic carbocycles. The topological polar surface area (TPSA) is 55.5 Å². The Morgan fingerprint density at radius 1 is 1.11 bits per heavy atom. The van der Waals surface area contributed by atoms with Gasteiger partial charge in [0, 0.05) is 25.1 Å². The number of benzene rings is 2. The molecule has 2 heterocycles. The summed E-state index contributed by atoms with van der Waals surface area (Å²) in [7, 11) is 0. The highest BCUT2D eigenvalue weighted by Gasteiger charge is 2.23. The first-order chi connectivity index (χ1) is 13.2. The van der Waals surface area contributed by atoms with Crippen LogP contribution in [0.3, 0.4) is 0 Å². The van der Waals surface area contributed by atoms with Gasteiger partial charge in [-0.1, -0.05) is 37.3 Å². The van der Waals surface area contributed by atoms with Crippen LogP contribution in [0.2, 0.25) is 0 Å². The second-order valence-electron chi connectivity index (χ2n) is 7.23. The van der Waals surface area contributed by atoms with Crippen LogP contribution in [0, 0.1) is 5.92 Å². The molecular weight excluding hydrogens is 340 g/mol. The highest BCUT2D eigenvalue weighted by Crippen LogP contribution is 2.23. The summed E-state index contributed by atoms with van der Waals surface area (Å²) < 4.78 is 7.06. The quantitative estimate of drug-likeness (QED) is 0.647. The van der Waals surface area contributed by atoms with E-state index in [9.17, 15) is 9.59 Å². The summed E-state index contributed by atoms with van der Waals surface area (Å²) in [6.07, 6.45) is 3.60. The fraction of sp³-hybridized carbons (Fsp3) is 0.364. The van der Waals surface area contributed by atoms with E-state index in [2.05, 4.69) is 29.3 Å². The molecule has 0 atom stereocenters. The van der Waals surface area contributed by atoms with Crippen molar-refractivity contribution in [2.45, 2.75) is 32.6 Å². The molecule has 0 saturated carbocycles. The molecule has 2 aromatic carbocycles. The summed E-state index contributed by atoms with van der Waals surface area (Å²) in [6.45, 7) is 3.47. The van der Waals surface area contributed by atoms with Crippen LogP contribution in [-0.2, 0) is 6.42 Å². The predicted molar refractivity (Wildman–Crippen MR) is 106 cm³/mol. The second-order valence-corrected chi connectivity index (χ2v) is 7.23. The average molecular weight is 364 g/mol. The van der Waals surface area contributed by atoms with Gasteiger partial charge in [-0.2, -0.15) is 4.68 Å². The van der Waals surface area contributed by atoms with E-state index in [0.29, 0.717) is 23.5 Å². The average Bonchev–Trinajstić information content (AvgIpc) is 3.03. The van der Waals surface area contributed by atoms with Crippen LogP contribution in [0.5, 0.6) is 0 Å². The van der Waals surface area contributed by atoms with E-state index in [1.807, 2.05) is 19.1 Å². The van der Waals surface area contributed by atoms with Gasteiger partial charge in [0.25, 0.3) is 0 Å². The zero-order chi connectivity index (χ0) is 18.8. The summed E-state index contributed by atoms with van der Waals surface area (Å²) in [4.78, 5) is 24.3. The van der Waals surface area contributed by atoms with Gasteiger partial charge in [-0.25, -0.2) is 4.79 Å². The third-order valence-electron chi connectivity index (χ3n) is 5.44. The minimum Gasteiger partial charge on any atom is -0.406 e. The van der Waals surface area contributed by atoms with E-state index in [0.717, 1.165) is 37.9 Å². The van der Waals surface area contributed by atoms with Crippen LogP contribution in [0.1, 0.15) is 42.1 Å². The molecular formula is C22H24N2O3. The van der Waals surface area contributed by atoms with Gasteiger partial charge in [0.1, 0.15) is 5.52 Å². The van der Waals surface area contributed by atoms with Crippen LogP contribution in [-0.4, -0.2) is 23.5 Å². The van der Waals surface area contributed by atoms with Crippen molar-refractivity contribution in [1.82, 2.24) is 4.68 Å². The molecule has 0 bridgehead atoms. The molecule has 1 aliphatic rings. The molecule has 1 aliphatic heterocycles. The van der Waals surface area contributed by atoms with Crippen LogP contribution in [0.15, 0.2) is 57.7 Å². The number of carbonyl (C=O) groups is 1. The maximum absolute atomic E-state index is 12.4. The van der Waals surface area contributed by atoms with Crippen molar-refractivity contribution in [1.29, 1.82) is 0 Å². The molecule has 5 nitrogen and oxygen atoms in total. The highest BCUT2D eigenvalue weighted by molar-refractivity contribution is 5.98. The molecule has 1 fully saturated rings. The first kappa shape index (κ1) is 17.6. The zero-order valence-electron chi connectivity index (χ0n) is 15.6. The Labute approximate surface area is 158 Å². The third kappa shape index (κ3) is 3.54. The van der Waals surface area contributed by atoms with Crippen molar-refractivity contribution in [3.8, 4) is 0 Å². The van der Waals surface area contributed by atoms with Gasteiger partial charge < -0.3 is 9.43 Å². The molecule has 4 rings (SSSR count). The van der Waals surface area contributed by atoms with E-state index in [1.54, 1.807) is 16.8 Å². The Kier molecular flexibility index (Phi) is 4.84. The second kappa shape index (κ2) is 7.43. The number of piperidine rings is 1. The van der Waals surface area contributed by atoms with Gasteiger partial charge in [-0.15, -0.1) is 0 Å². The van der Waals surface area contributed by atoms with Gasteiger partial charge in [0.2, 0.25) is 0 Å². The molecule has 0 spiro atoms. The van der Waals surface area contributed by atoms with Crippen LogP contribution < -0.4 is 10.8 Å². The first-order valence-corrected chi connectivity index (χ1v) is 9.63. The fourth-order valence-corrected chi connectivity index (χ4v) is 3.92. The molecule has 0 N–H and O–H groups in total. The van der Waals surface area contributed by atoms with E-state index in [1.165, 1.54) is 5.56 Å². The monoisotopic (exact) mass is 364 g/mol. The molecule has 140 valence electrons.